The lowest BCUT2D eigenvalue weighted by atomic mass is 9.92. The first-order valence-corrected chi connectivity index (χ1v) is 7.11. The molecule has 110 valence electrons. The van der Waals surface area contributed by atoms with E-state index in [9.17, 15) is 9.59 Å². The second-order valence-corrected chi connectivity index (χ2v) is 5.03. The molecule has 0 saturated carbocycles. The Hall–Kier alpha value is -1.84. The lowest BCUT2D eigenvalue weighted by Crippen LogP contribution is -2.27. The third-order valence-electron chi connectivity index (χ3n) is 3.32. The largest absolute Gasteiger partial charge is 0.433 e. The highest BCUT2D eigenvalue weighted by Crippen LogP contribution is 2.24. The summed E-state index contributed by atoms with van der Waals surface area (Å²) in [5, 5.41) is 0. The number of amides is 1. The second-order valence-electron chi connectivity index (χ2n) is 5.03. The molecule has 0 spiro atoms. The molecule has 0 heterocycles. The molecule has 0 bridgehead atoms. The quantitative estimate of drug-likeness (QED) is 0.738. The molecule has 0 fully saturated rings. The summed E-state index contributed by atoms with van der Waals surface area (Å²) in [4.78, 5) is 23.5. The van der Waals surface area contributed by atoms with Gasteiger partial charge in [0.05, 0.1) is 0 Å². The van der Waals surface area contributed by atoms with Crippen LogP contribution in [0.1, 0.15) is 51.2 Å². The smallest absolute Gasteiger partial charge is 0.405 e. The van der Waals surface area contributed by atoms with Gasteiger partial charge in [0.1, 0.15) is 0 Å². The average molecular weight is 277 g/mol. The number of Topliss-reactive ketones (excluding diaryl/α,β-unsaturated/α-hetero) is 1. The van der Waals surface area contributed by atoms with E-state index in [2.05, 4.69) is 6.92 Å². The minimum absolute atomic E-state index is 0.0916. The standard InChI is InChI=1S/C16H23NO3/c1-3-4-6-9-12(2)14(18)15(20-16(17)19)13-10-7-5-8-11-13/h5,7-8,10-12,15H,3-4,6,9H2,1-2H3,(H2,17,19). The number of nitrogens with two attached hydrogens (primary N) is 1. The molecule has 0 aliphatic heterocycles. The highest BCUT2D eigenvalue weighted by atomic mass is 16.6. The van der Waals surface area contributed by atoms with E-state index in [4.69, 9.17) is 10.5 Å². The van der Waals surface area contributed by atoms with Crippen LogP contribution in [0.25, 0.3) is 0 Å². The lowest BCUT2D eigenvalue weighted by molar-refractivity contribution is -0.131. The predicted molar refractivity (Wildman–Crippen MR) is 78.2 cm³/mol. The maximum absolute atomic E-state index is 12.4. The van der Waals surface area contributed by atoms with E-state index in [-0.39, 0.29) is 11.7 Å². The number of benzene rings is 1. The van der Waals surface area contributed by atoms with Crippen LogP contribution in [-0.2, 0) is 9.53 Å². The first-order chi connectivity index (χ1) is 9.56. The van der Waals surface area contributed by atoms with Gasteiger partial charge in [-0.15, -0.1) is 0 Å². The fraction of sp³-hybridized carbons (Fsp3) is 0.500. The Morgan fingerprint density at radius 1 is 1.20 bits per heavy atom. The van der Waals surface area contributed by atoms with Crippen LogP contribution in [0.15, 0.2) is 30.3 Å². The zero-order chi connectivity index (χ0) is 15.0. The van der Waals surface area contributed by atoms with Gasteiger partial charge < -0.3 is 10.5 Å². The van der Waals surface area contributed by atoms with E-state index >= 15 is 0 Å². The third-order valence-corrected chi connectivity index (χ3v) is 3.32. The van der Waals surface area contributed by atoms with E-state index < -0.39 is 12.2 Å². The average Bonchev–Trinajstić information content (AvgIpc) is 2.45. The Labute approximate surface area is 120 Å². The van der Waals surface area contributed by atoms with Crippen molar-refractivity contribution in [2.24, 2.45) is 11.7 Å². The number of carbonyl (C=O) groups is 2. The molecule has 0 radical (unpaired) electrons. The second kappa shape index (κ2) is 8.35. The van der Waals surface area contributed by atoms with Gasteiger partial charge in [0.15, 0.2) is 11.9 Å². The van der Waals surface area contributed by atoms with Gasteiger partial charge >= 0.3 is 6.09 Å². The van der Waals surface area contributed by atoms with Gasteiger partial charge in [-0.25, -0.2) is 4.79 Å². The van der Waals surface area contributed by atoms with Gasteiger partial charge in [0.25, 0.3) is 0 Å². The van der Waals surface area contributed by atoms with Gasteiger partial charge in [-0.05, 0) is 6.42 Å². The SMILES string of the molecule is CCCCCC(C)C(=O)C(OC(N)=O)c1ccccc1. The maximum Gasteiger partial charge on any atom is 0.405 e. The number of ether oxygens (including phenoxy) is 1. The molecule has 4 nitrogen and oxygen atoms in total. The highest BCUT2D eigenvalue weighted by Gasteiger charge is 2.27. The van der Waals surface area contributed by atoms with Crippen LogP contribution < -0.4 is 5.73 Å². The summed E-state index contributed by atoms with van der Waals surface area (Å²) < 4.78 is 5.01. The summed E-state index contributed by atoms with van der Waals surface area (Å²) in [5.41, 5.74) is 5.74. The van der Waals surface area contributed by atoms with E-state index in [1.807, 2.05) is 25.1 Å². The highest BCUT2D eigenvalue weighted by molar-refractivity contribution is 5.88. The number of unbranched alkanes of at least 4 members (excludes halogenated alkanes) is 2. The Morgan fingerprint density at radius 2 is 1.85 bits per heavy atom. The Morgan fingerprint density at radius 3 is 2.40 bits per heavy atom. The van der Waals surface area contributed by atoms with E-state index in [1.165, 1.54) is 0 Å². The fourth-order valence-corrected chi connectivity index (χ4v) is 2.14. The molecule has 1 aromatic carbocycles. The normalized spacial score (nSPS) is 13.5. The molecule has 2 atom stereocenters. The van der Waals surface area contributed by atoms with Crippen LogP contribution in [0.5, 0.6) is 0 Å². The number of carbonyl (C=O) groups excluding carboxylic acids is 2. The van der Waals surface area contributed by atoms with Crippen LogP contribution in [0, 0.1) is 5.92 Å². The van der Waals surface area contributed by atoms with E-state index in [0.717, 1.165) is 25.7 Å². The summed E-state index contributed by atoms with van der Waals surface area (Å²) in [6, 6.07) is 9.00. The maximum atomic E-state index is 12.4. The number of ketones is 1. The lowest BCUT2D eigenvalue weighted by Gasteiger charge is -2.19. The van der Waals surface area contributed by atoms with Crippen LogP contribution in [0.4, 0.5) is 4.79 Å². The molecule has 0 aromatic heterocycles. The van der Waals surface area contributed by atoms with E-state index in [0.29, 0.717) is 5.56 Å². The molecule has 1 amide bonds. The van der Waals surface area contributed by atoms with Crippen molar-refractivity contribution in [3.8, 4) is 0 Å². The fourth-order valence-electron chi connectivity index (χ4n) is 2.14. The van der Waals surface area contributed by atoms with Gasteiger partial charge in [-0.3, -0.25) is 4.79 Å². The molecule has 20 heavy (non-hydrogen) atoms. The molecule has 2 unspecified atom stereocenters. The number of primary amides is 1. The van der Waals surface area contributed by atoms with Crippen molar-refractivity contribution < 1.29 is 14.3 Å². The number of hydrogen-bond donors (Lipinski definition) is 1. The summed E-state index contributed by atoms with van der Waals surface area (Å²) in [7, 11) is 0. The van der Waals surface area contributed by atoms with Gasteiger partial charge in [0.2, 0.25) is 0 Å². The Balaban J connectivity index is 2.77. The third kappa shape index (κ3) is 5.03. The topological polar surface area (TPSA) is 69.4 Å². The predicted octanol–water partition coefficient (Wildman–Crippen LogP) is 3.61. The monoisotopic (exact) mass is 277 g/mol. The number of hydrogen-bond acceptors (Lipinski definition) is 3. The van der Waals surface area contributed by atoms with Gasteiger partial charge in [0, 0.05) is 11.5 Å². The van der Waals surface area contributed by atoms with Crippen LogP contribution in [0.3, 0.4) is 0 Å². The summed E-state index contributed by atoms with van der Waals surface area (Å²) in [6.45, 7) is 3.99. The van der Waals surface area contributed by atoms with Crippen molar-refractivity contribution in [3.05, 3.63) is 35.9 Å². The van der Waals surface area contributed by atoms with Crippen molar-refractivity contribution >= 4 is 11.9 Å². The summed E-state index contributed by atoms with van der Waals surface area (Å²) in [5.74, 6) is -0.239. The van der Waals surface area contributed by atoms with Crippen LogP contribution >= 0.6 is 0 Å². The molecule has 4 heteroatoms. The van der Waals surface area contributed by atoms with Crippen molar-refractivity contribution in [2.75, 3.05) is 0 Å². The zero-order valence-corrected chi connectivity index (χ0v) is 12.2. The van der Waals surface area contributed by atoms with Crippen LogP contribution in [0.2, 0.25) is 0 Å². The molecule has 2 N–H and O–H groups in total. The van der Waals surface area contributed by atoms with Gasteiger partial charge in [-0.1, -0.05) is 63.4 Å². The van der Waals surface area contributed by atoms with Crippen LogP contribution in [-0.4, -0.2) is 11.9 Å². The summed E-state index contributed by atoms with van der Waals surface area (Å²) in [6.07, 6.45) is 2.20. The molecule has 1 aromatic rings. The molecular formula is C16H23NO3. The van der Waals surface area contributed by atoms with Gasteiger partial charge in [-0.2, -0.15) is 0 Å². The first-order valence-electron chi connectivity index (χ1n) is 7.11. The van der Waals surface area contributed by atoms with Crippen molar-refractivity contribution in [2.45, 2.75) is 45.6 Å². The molecule has 1 rings (SSSR count). The molecule has 0 aliphatic rings. The Kier molecular flexibility index (Phi) is 6.77. The zero-order valence-electron chi connectivity index (χ0n) is 12.2. The Bertz CT molecular complexity index is 431. The summed E-state index contributed by atoms with van der Waals surface area (Å²) >= 11 is 0. The molecular weight excluding hydrogens is 254 g/mol. The van der Waals surface area contributed by atoms with Crippen molar-refractivity contribution in [1.29, 1.82) is 0 Å². The first kappa shape index (κ1) is 16.2. The molecule has 0 aliphatic carbocycles. The minimum atomic E-state index is -0.923. The number of rotatable bonds is 8. The van der Waals surface area contributed by atoms with E-state index in [1.54, 1.807) is 12.1 Å². The molecule has 0 saturated heterocycles. The van der Waals surface area contributed by atoms with Crippen molar-refractivity contribution in [3.63, 3.8) is 0 Å². The minimum Gasteiger partial charge on any atom is -0.433 e. The van der Waals surface area contributed by atoms with Crippen molar-refractivity contribution in [1.82, 2.24) is 0 Å².